The molecule has 2 aromatic rings. The van der Waals surface area contributed by atoms with Crippen LogP contribution in [0, 0.1) is 0 Å². The number of hydrogen-bond donors (Lipinski definition) is 1. The quantitative estimate of drug-likeness (QED) is 0.938. The Hall–Kier alpha value is -1.81. The zero-order chi connectivity index (χ0) is 14.8. The van der Waals surface area contributed by atoms with E-state index in [2.05, 4.69) is 29.8 Å². The Labute approximate surface area is 129 Å². The van der Waals surface area contributed by atoms with Gasteiger partial charge in [0.2, 0.25) is 0 Å². The number of hydrogen-bond acceptors (Lipinski definition) is 3. The van der Waals surface area contributed by atoms with Crippen molar-refractivity contribution in [2.45, 2.75) is 25.8 Å². The Morgan fingerprint density at radius 3 is 3.05 bits per heavy atom. The molecule has 1 aliphatic heterocycles. The van der Waals surface area contributed by atoms with Crippen LogP contribution in [0.15, 0.2) is 35.7 Å². The number of likely N-dealkylation sites (N-methyl/N-ethyl adjacent to an activating group) is 1. The van der Waals surface area contributed by atoms with E-state index in [9.17, 15) is 4.79 Å². The molecule has 21 heavy (non-hydrogen) atoms. The van der Waals surface area contributed by atoms with Crippen molar-refractivity contribution in [3.63, 3.8) is 0 Å². The Kier molecular flexibility index (Phi) is 3.97. The van der Waals surface area contributed by atoms with Gasteiger partial charge >= 0.3 is 0 Å². The minimum absolute atomic E-state index is 0.105. The Morgan fingerprint density at radius 1 is 1.43 bits per heavy atom. The van der Waals surface area contributed by atoms with Crippen LogP contribution >= 0.6 is 11.3 Å². The monoisotopic (exact) mass is 300 g/mol. The summed E-state index contributed by atoms with van der Waals surface area (Å²) < 4.78 is 0. The van der Waals surface area contributed by atoms with Crippen molar-refractivity contribution in [2.24, 2.45) is 0 Å². The number of fused-ring (bicyclic) bond motifs is 1. The summed E-state index contributed by atoms with van der Waals surface area (Å²) in [6, 6.07) is 10.4. The number of thiophene rings is 1. The molecule has 1 N–H and O–H groups in total. The summed E-state index contributed by atoms with van der Waals surface area (Å²) in [6.45, 7) is 3.07. The van der Waals surface area contributed by atoms with Crippen LogP contribution in [0.5, 0.6) is 0 Å². The number of carbonyl (C=O) groups excluding carboxylic acids is 1. The summed E-state index contributed by atoms with van der Waals surface area (Å²) in [7, 11) is 1.89. The van der Waals surface area contributed by atoms with Gasteiger partial charge in [0.25, 0.3) is 5.91 Å². The van der Waals surface area contributed by atoms with Crippen molar-refractivity contribution in [3.8, 4) is 0 Å². The zero-order valence-electron chi connectivity index (χ0n) is 12.4. The van der Waals surface area contributed by atoms with E-state index in [1.165, 1.54) is 16.1 Å². The van der Waals surface area contributed by atoms with E-state index in [4.69, 9.17) is 0 Å². The second-order valence-electron chi connectivity index (χ2n) is 5.60. The van der Waals surface area contributed by atoms with E-state index in [1.807, 2.05) is 30.1 Å². The molecule has 1 unspecified atom stereocenters. The maximum atomic E-state index is 12.6. The Bertz CT molecular complexity index is 636. The molecule has 0 spiro atoms. The smallest absolute Gasteiger partial charge is 0.253 e. The first-order chi connectivity index (χ1) is 10.1. The van der Waals surface area contributed by atoms with Crippen LogP contribution in [0.4, 0.5) is 5.69 Å². The third kappa shape index (κ3) is 2.95. The predicted molar refractivity (Wildman–Crippen MR) is 88.2 cm³/mol. The minimum atomic E-state index is 0.105. The molecule has 1 aliphatic rings. The van der Waals surface area contributed by atoms with Crippen molar-refractivity contribution in [1.82, 2.24) is 4.90 Å². The topological polar surface area (TPSA) is 32.3 Å². The largest absolute Gasteiger partial charge is 0.384 e. The number of nitrogens with zero attached hydrogens (tertiary/aromatic N) is 1. The number of rotatable bonds is 4. The lowest BCUT2D eigenvalue weighted by atomic mass is 10.1. The summed E-state index contributed by atoms with van der Waals surface area (Å²) in [5.74, 6) is 0.105. The SMILES string of the molecule is CC(Cc1cccs1)N(C)C(=O)c1ccc2c(c1)CCN2. The van der Waals surface area contributed by atoms with Crippen LogP contribution in [-0.2, 0) is 12.8 Å². The lowest BCUT2D eigenvalue weighted by Gasteiger charge is -2.25. The average molecular weight is 300 g/mol. The van der Waals surface area contributed by atoms with Gasteiger partial charge in [-0.25, -0.2) is 0 Å². The number of nitrogens with one attached hydrogen (secondary N) is 1. The third-order valence-electron chi connectivity index (χ3n) is 4.12. The maximum Gasteiger partial charge on any atom is 0.253 e. The number of amides is 1. The normalized spacial score (nSPS) is 14.4. The second-order valence-corrected chi connectivity index (χ2v) is 6.63. The predicted octanol–water partition coefficient (Wildman–Crippen LogP) is 3.42. The molecule has 0 saturated carbocycles. The zero-order valence-corrected chi connectivity index (χ0v) is 13.2. The molecule has 1 atom stereocenters. The molecule has 4 heteroatoms. The molecular formula is C17H20N2OS. The molecule has 0 bridgehead atoms. The number of anilines is 1. The molecule has 2 heterocycles. The number of benzene rings is 1. The standard InChI is InChI=1S/C17H20N2OS/c1-12(10-15-4-3-9-21-15)19(2)17(20)14-5-6-16-13(11-14)7-8-18-16/h3-6,9,11-12,18H,7-8,10H2,1-2H3. The van der Waals surface area contributed by atoms with Gasteiger partial charge in [0.05, 0.1) is 0 Å². The van der Waals surface area contributed by atoms with Crippen LogP contribution in [0.3, 0.4) is 0 Å². The average Bonchev–Trinajstić information content (AvgIpc) is 3.15. The van der Waals surface area contributed by atoms with Crippen molar-refractivity contribution < 1.29 is 4.79 Å². The minimum Gasteiger partial charge on any atom is -0.384 e. The lowest BCUT2D eigenvalue weighted by molar-refractivity contribution is 0.0744. The highest BCUT2D eigenvalue weighted by Crippen LogP contribution is 2.24. The fourth-order valence-electron chi connectivity index (χ4n) is 2.70. The molecule has 0 aliphatic carbocycles. The summed E-state index contributed by atoms with van der Waals surface area (Å²) in [5, 5.41) is 5.41. The molecule has 3 rings (SSSR count). The first-order valence-electron chi connectivity index (χ1n) is 7.31. The molecule has 3 nitrogen and oxygen atoms in total. The second kappa shape index (κ2) is 5.90. The van der Waals surface area contributed by atoms with Gasteiger partial charge in [0.1, 0.15) is 0 Å². The van der Waals surface area contributed by atoms with E-state index < -0.39 is 0 Å². The first kappa shape index (κ1) is 14.1. The van der Waals surface area contributed by atoms with Crippen LogP contribution in [0.25, 0.3) is 0 Å². The fourth-order valence-corrected chi connectivity index (χ4v) is 3.52. The summed E-state index contributed by atoms with van der Waals surface area (Å²) in [4.78, 5) is 15.8. The van der Waals surface area contributed by atoms with Crippen LogP contribution in [-0.4, -0.2) is 30.4 Å². The summed E-state index contributed by atoms with van der Waals surface area (Å²) >= 11 is 1.75. The van der Waals surface area contributed by atoms with Gasteiger partial charge in [0, 0.05) is 42.2 Å². The van der Waals surface area contributed by atoms with E-state index in [0.717, 1.165) is 24.9 Å². The highest BCUT2D eigenvalue weighted by Gasteiger charge is 2.20. The van der Waals surface area contributed by atoms with E-state index in [1.54, 1.807) is 11.3 Å². The molecule has 0 saturated heterocycles. The highest BCUT2D eigenvalue weighted by molar-refractivity contribution is 7.09. The molecule has 0 radical (unpaired) electrons. The van der Waals surface area contributed by atoms with Gasteiger partial charge < -0.3 is 10.2 Å². The molecule has 0 fully saturated rings. The molecule has 1 aromatic heterocycles. The lowest BCUT2D eigenvalue weighted by Crippen LogP contribution is -2.36. The van der Waals surface area contributed by atoms with Gasteiger partial charge in [-0.2, -0.15) is 0 Å². The fraction of sp³-hybridized carbons (Fsp3) is 0.353. The highest BCUT2D eigenvalue weighted by atomic mass is 32.1. The number of carbonyl (C=O) groups is 1. The summed E-state index contributed by atoms with van der Waals surface area (Å²) in [5.41, 5.74) is 3.21. The van der Waals surface area contributed by atoms with E-state index in [0.29, 0.717) is 0 Å². The summed E-state index contributed by atoms with van der Waals surface area (Å²) in [6.07, 6.45) is 1.91. The van der Waals surface area contributed by atoms with Crippen molar-refractivity contribution in [3.05, 3.63) is 51.7 Å². The van der Waals surface area contributed by atoms with Gasteiger partial charge in [-0.15, -0.1) is 11.3 Å². The van der Waals surface area contributed by atoms with Gasteiger partial charge in [-0.1, -0.05) is 6.07 Å². The van der Waals surface area contributed by atoms with E-state index >= 15 is 0 Å². The maximum absolute atomic E-state index is 12.6. The third-order valence-corrected chi connectivity index (χ3v) is 5.02. The molecule has 1 amide bonds. The van der Waals surface area contributed by atoms with Crippen molar-refractivity contribution >= 4 is 22.9 Å². The van der Waals surface area contributed by atoms with Crippen LogP contribution in [0.2, 0.25) is 0 Å². The van der Waals surface area contributed by atoms with Crippen molar-refractivity contribution in [1.29, 1.82) is 0 Å². The van der Waals surface area contributed by atoms with Gasteiger partial charge in [0.15, 0.2) is 0 Å². The van der Waals surface area contributed by atoms with Gasteiger partial charge in [-0.3, -0.25) is 4.79 Å². The molecule has 110 valence electrons. The first-order valence-corrected chi connectivity index (χ1v) is 8.19. The Balaban J connectivity index is 1.71. The van der Waals surface area contributed by atoms with Crippen molar-refractivity contribution in [2.75, 3.05) is 18.9 Å². The van der Waals surface area contributed by atoms with Crippen LogP contribution in [0.1, 0.15) is 27.7 Å². The van der Waals surface area contributed by atoms with E-state index in [-0.39, 0.29) is 11.9 Å². The molecule has 1 aromatic carbocycles. The van der Waals surface area contributed by atoms with Gasteiger partial charge in [-0.05, 0) is 48.6 Å². The Morgan fingerprint density at radius 2 is 2.29 bits per heavy atom. The van der Waals surface area contributed by atoms with Crippen LogP contribution < -0.4 is 5.32 Å². The molecular weight excluding hydrogens is 280 g/mol.